The van der Waals surface area contributed by atoms with Crippen LogP contribution < -0.4 is 0 Å². The number of aliphatic hydroxyl groups is 1. The molecular weight excluding hydrogens is 838 g/mol. The number of hydrogen-bond acceptors (Lipinski definition) is 15. The zero-order valence-corrected chi connectivity index (χ0v) is 39.4. The van der Waals surface area contributed by atoms with E-state index in [-0.39, 0.29) is 19.3 Å². The van der Waals surface area contributed by atoms with Gasteiger partial charge >= 0.3 is 39.5 Å². The first-order valence-corrected chi connectivity index (χ1v) is 25.7. The number of carbonyl (C=O) groups excluding carboxylic acids is 4. The topological polar surface area (TPSA) is 237 Å². The molecule has 2 unspecified atom stereocenters. The van der Waals surface area contributed by atoms with Crippen LogP contribution in [0.1, 0.15) is 188 Å². The maximum atomic E-state index is 12.7. The molecule has 5 atom stereocenters. The van der Waals surface area contributed by atoms with Gasteiger partial charge in [0.15, 0.2) is 12.2 Å². The van der Waals surface area contributed by atoms with Crippen molar-refractivity contribution >= 4 is 39.5 Å². The van der Waals surface area contributed by atoms with Gasteiger partial charge in [0.05, 0.1) is 26.4 Å². The molecule has 19 heteroatoms. The van der Waals surface area contributed by atoms with Crippen LogP contribution in [0.4, 0.5) is 0 Å². The zero-order chi connectivity index (χ0) is 45.6. The molecule has 0 aromatic carbocycles. The van der Waals surface area contributed by atoms with Crippen molar-refractivity contribution in [3.63, 3.8) is 0 Å². The van der Waals surface area contributed by atoms with Gasteiger partial charge in [0.25, 0.3) is 0 Å². The van der Waals surface area contributed by atoms with Gasteiger partial charge in [-0.2, -0.15) is 0 Å². The van der Waals surface area contributed by atoms with Gasteiger partial charge in [0.2, 0.25) is 0 Å². The third kappa shape index (κ3) is 39.4. The minimum atomic E-state index is -4.90. The number of hydrogen-bond donors (Lipinski definition) is 3. The molecule has 0 rings (SSSR count). The predicted molar refractivity (Wildman–Crippen MR) is 229 cm³/mol. The van der Waals surface area contributed by atoms with Crippen LogP contribution >= 0.6 is 15.6 Å². The van der Waals surface area contributed by atoms with Crippen molar-refractivity contribution in [1.29, 1.82) is 0 Å². The number of phosphoric acid groups is 2. The van der Waals surface area contributed by atoms with E-state index >= 15 is 0 Å². The molecule has 3 N–H and O–H groups in total. The SMILES string of the molecule is CCCCCCCCCCCC(=O)OC[C@H](COP(=O)(O)OC[C@H](O)COP(=O)(O)OC[C@@H](COC(C)=O)OC(=O)CCCCCCCC)OC(=O)CCCCCCCCC. The van der Waals surface area contributed by atoms with Crippen molar-refractivity contribution in [1.82, 2.24) is 0 Å². The van der Waals surface area contributed by atoms with E-state index in [1.165, 1.54) is 32.1 Å². The van der Waals surface area contributed by atoms with E-state index in [4.69, 9.17) is 37.0 Å². The summed E-state index contributed by atoms with van der Waals surface area (Å²) in [6, 6.07) is 0. The second-order valence-corrected chi connectivity index (χ2v) is 18.4. The molecule has 0 saturated heterocycles. The average Bonchev–Trinajstić information content (AvgIpc) is 3.21. The van der Waals surface area contributed by atoms with Crippen molar-refractivity contribution in [2.24, 2.45) is 0 Å². The highest BCUT2D eigenvalue weighted by atomic mass is 31.2. The predicted octanol–water partition coefficient (Wildman–Crippen LogP) is 9.36. The zero-order valence-electron chi connectivity index (χ0n) is 37.6. The van der Waals surface area contributed by atoms with E-state index in [2.05, 4.69) is 20.8 Å². The van der Waals surface area contributed by atoms with Crippen LogP contribution in [0.15, 0.2) is 0 Å². The Labute approximate surface area is 365 Å². The van der Waals surface area contributed by atoms with Crippen LogP contribution in [0.5, 0.6) is 0 Å². The first-order chi connectivity index (χ1) is 29.1. The van der Waals surface area contributed by atoms with Crippen molar-refractivity contribution in [3.05, 3.63) is 0 Å². The molecule has 61 heavy (non-hydrogen) atoms. The highest BCUT2D eigenvalue weighted by molar-refractivity contribution is 7.47. The minimum Gasteiger partial charge on any atom is -0.462 e. The van der Waals surface area contributed by atoms with Gasteiger partial charge in [-0.25, -0.2) is 9.13 Å². The number of ether oxygens (including phenoxy) is 4. The summed E-state index contributed by atoms with van der Waals surface area (Å²) in [6.45, 7) is 3.54. The Morgan fingerprint density at radius 3 is 1.07 bits per heavy atom. The van der Waals surface area contributed by atoms with Gasteiger partial charge in [-0.05, 0) is 19.3 Å². The van der Waals surface area contributed by atoms with Crippen LogP contribution in [0.2, 0.25) is 0 Å². The Kier molecular flexibility index (Phi) is 37.3. The van der Waals surface area contributed by atoms with Crippen molar-refractivity contribution < 1.29 is 80.2 Å². The van der Waals surface area contributed by atoms with E-state index in [0.29, 0.717) is 19.3 Å². The minimum absolute atomic E-state index is 0.0958. The fourth-order valence-corrected chi connectivity index (χ4v) is 7.46. The lowest BCUT2D eigenvalue weighted by Crippen LogP contribution is -2.30. The molecule has 0 radical (unpaired) electrons. The Morgan fingerprint density at radius 2 is 0.721 bits per heavy atom. The summed E-state index contributed by atoms with van der Waals surface area (Å²) in [4.78, 5) is 69.1. The third-order valence-electron chi connectivity index (χ3n) is 9.41. The van der Waals surface area contributed by atoms with Crippen molar-refractivity contribution in [3.8, 4) is 0 Å². The number of rotatable bonds is 43. The fourth-order valence-electron chi connectivity index (χ4n) is 5.88. The standard InChI is InChI=1S/C42H80O17P2/c1-5-8-11-14-17-18-20-22-24-27-40(45)53-33-39(59-42(47)29-26-23-19-15-12-9-6-2)35-57-61(50,51)55-31-37(44)30-54-60(48,49)56-34-38(32-52-36(4)43)58-41(46)28-25-21-16-13-10-7-3/h37-39,44H,5-35H2,1-4H3,(H,48,49)(H,50,51)/t37-,38-,39-/m1/s1. The van der Waals surface area contributed by atoms with Gasteiger partial charge in [-0.3, -0.25) is 37.3 Å². The molecule has 0 aromatic heterocycles. The van der Waals surface area contributed by atoms with Crippen molar-refractivity contribution in [2.75, 3.05) is 39.6 Å². The van der Waals surface area contributed by atoms with Crippen LogP contribution in [0.3, 0.4) is 0 Å². The highest BCUT2D eigenvalue weighted by Gasteiger charge is 2.30. The molecular formula is C42H80O17P2. The number of unbranched alkanes of at least 4 members (excludes halogenated alkanes) is 19. The van der Waals surface area contributed by atoms with Gasteiger partial charge in [-0.15, -0.1) is 0 Å². The molecule has 0 heterocycles. The lowest BCUT2D eigenvalue weighted by molar-refractivity contribution is -0.161. The third-order valence-corrected chi connectivity index (χ3v) is 11.3. The van der Waals surface area contributed by atoms with Crippen molar-refractivity contribution in [2.45, 2.75) is 207 Å². The van der Waals surface area contributed by atoms with Gasteiger partial charge in [0, 0.05) is 26.2 Å². The molecule has 0 aliphatic heterocycles. The molecule has 0 aliphatic carbocycles. The maximum absolute atomic E-state index is 12.7. The van der Waals surface area contributed by atoms with E-state index in [9.17, 15) is 43.2 Å². The quantitative estimate of drug-likeness (QED) is 0.0223. The first-order valence-electron chi connectivity index (χ1n) is 22.7. The van der Waals surface area contributed by atoms with Crippen LogP contribution in [0, 0.1) is 0 Å². The average molecular weight is 919 g/mol. The number of esters is 4. The van der Waals surface area contributed by atoms with Gasteiger partial charge in [-0.1, -0.05) is 143 Å². The number of phosphoric ester groups is 2. The lowest BCUT2D eigenvalue weighted by atomic mass is 10.1. The molecule has 0 saturated carbocycles. The molecule has 0 aliphatic rings. The Bertz CT molecular complexity index is 1240. The summed E-state index contributed by atoms with van der Waals surface area (Å²) in [5.74, 6) is -2.37. The Balaban J connectivity index is 4.97. The number of carbonyl (C=O) groups is 4. The molecule has 0 aromatic rings. The fraction of sp³-hybridized carbons (Fsp3) is 0.905. The molecule has 0 amide bonds. The molecule has 17 nitrogen and oxygen atoms in total. The van der Waals surface area contributed by atoms with Gasteiger partial charge < -0.3 is 33.8 Å². The molecule has 0 fully saturated rings. The van der Waals surface area contributed by atoms with Gasteiger partial charge in [0.1, 0.15) is 19.3 Å². The van der Waals surface area contributed by atoms with E-state index in [0.717, 1.165) is 96.8 Å². The monoisotopic (exact) mass is 918 g/mol. The van der Waals surface area contributed by atoms with E-state index in [1.807, 2.05) is 0 Å². The lowest BCUT2D eigenvalue weighted by Gasteiger charge is -2.21. The Hall–Kier alpha value is -1.94. The summed E-state index contributed by atoms with van der Waals surface area (Å²) in [6.07, 6.45) is 18.5. The summed E-state index contributed by atoms with van der Waals surface area (Å²) in [7, 11) is -9.79. The Morgan fingerprint density at radius 1 is 0.426 bits per heavy atom. The molecule has 0 bridgehead atoms. The maximum Gasteiger partial charge on any atom is 0.472 e. The highest BCUT2D eigenvalue weighted by Crippen LogP contribution is 2.45. The van der Waals surface area contributed by atoms with E-state index < -0.39 is 97.5 Å². The largest absolute Gasteiger partial charge is 0.472 e. The van der Waals surface area contributed by atoms with Crippen LogP contribution in [-0.4, -0.2) is 96.7 Å². The van der Waals surface area contributed by atoms with Crippen LogP contribution in [-0.2, 0) is 65.4 Å². The second kappa shape index (κ2) is 38.5. The summed E-state index contributed by atoms with van der Waals surface area (Å²) in [5.41, 5.74) is 0. The summed E-state index contributed by atoms with van der Waals surface area (Å²) >= 11 is 0. The second-order valence-electron chi connectivity index (χ2n) is 15.5. The molecule has 360 valence electrons. The van der Waals surface area contributed by atoms with Crippen LogP contribution in [0.25, 0.3) is 0 Å². The normalized spacial score (nSPS) is 14.9. The smallest absolute Gasteiger partial charge is 0.462 e. The first kappa shape index (κ1) is 59.1. The number of aliphatic hydroxyl groups excluding tert-OH is 1. The summed E-state index contributed by atoms with van der Waals surface area (Å²) in [5, 5.41) is 10.3. The van der Waals surface area contributed by atoms with E-state index in [1.54, 1.807) is 0 Å². The summed E-state index contributed by atoms with van der Waals surface area (Å²) < 4.78 is 65.6. The molecule has 0 spiro atoms.